The van der Waals surface area contributed by atoms with Crippen molar-refractivity contribution in [3.63, 3.8) is 0 Å². The second-order valence-corrected chi connectivity index (χ2v) is 5.70. The molecule has 11 heteroatoms. The van der Waals surface area contributed by atoms with Crippen LogP contribution in [0.5, 0.6) is 0 Å². The van der Waals surface area contributed by atoms with E-state index in [0.717, 1.165) is 4.68 Å². The highest BCUT2D eigenvalue weighted by Crippen LogP contribution is 2.21. The van der Waals surface area contributed by atoms with Gasteiger partial charge >= 0.3 is 0 Å². The van der Waals surface area contributed by atoms with E-state index >= 15 is 0 Å². The molecule has 0 bridgehead atoms. The zero-order chi connectivity index (χ0) is 19.0. The van der Waals surface area contributed by atoms with Crippen LogP contribution in [0.4, 0.5) is 23.2 Å². The molecule has 1 amide bonds. The maximum atomic E-state index is 13.7. The van der Waals surface area contributed by atoms with Crippen LogP contribution < -0.4 is 5.32 Å². The van der Waals surface area contributed by atoms with Gasteiger partial charge in [0.15, 0.2) is 17.5 Å². The Bertz CT molecular complexity index is 981. The van der Waals surface area contributed by atoms with Gasteiger partial charge in [0.05, 0.1) is 29.6 Å². The molecule has 2 heterocycles. The van der Waals surface area contributed by atoms with Crippen LogP contribution in [-0.4, -0.2) is 25.5 Å². The quantitative estimate of drug-likeness (QED) is 0.425. The lowest BCUT2D eigenvalue weighted by Crippen LogP contribution is -2.16. The Kier molecular flexibility index (Phi) is 4.68. The van der Waals surface area contributed by atoms with Crippen LogP contribution in [0.25, 0.3) is 0 Å². The first-order chi connectivity index (χ1) is 12.3. The molecule has 0 aliphatic rings. The van der Waals surface area contributed by atoms with Gasteiger partial charge in [0.25, 0.3) is 5.91 Å². The van der Waals surface area contributed by atoms with Crippen LogP contribution in [-0.2, 0) is 13.6 Å². The van der Waals surface area contributed by atoms with Gasteiger partial charge in [0.1, 0.15) is 11.5 Å². The zero-order valence-corrected chi connectivity index (χ0v) is 13.9. The van der Waals surface area contributed by atoms with Crippen molar-refractivity contribution in [3.8, 4) is 0 Å². The van der Waals surface area contributed by atoms with Crippen LogP contribution in [0, 0.1) is 23.3 Å². The number of nitrogens with one attached hydrogen (secondary N) is 1. The number of carbonyl (C=O) groups is 1. The first kappa shape index (κ1) is 17.9. The number of halogens is 5. The van der Waals surface area contributed by atoms with Gasteiger partial charge in [-0.3, -0.25) is 14.2 Å². The maximum Gasteiger partial charge on any atom is 0.275 e. The summed E-state index contributed by atoms with van der Waals surface area (Å²) in [5.41, 5.74) is -0.382. The number of aryl methyl sites for hydroxylation is 1. The summed E-state index contributed by atoms with van der Waals surface area (Å²) in [6.07, 6.45) is 3.79. The summed E-state index contributed by atoms with van der Waals surface area (Å²) >= 11 is 5.87. The van der Waals surface area contributed by atoms with Gasteiger partial charge in [-0.15, -0.1) is 0 Å². The highest BCUT2D eigenvalue weighted by atomic mass is 35.5. The number of hydrogen-bond donors (Lipinski definition) is 1. The summed E-state index contributed by atoms with van der Waals surface area (Å²) in [4.78, 5) is 12.2. The van der Waals surface area contributed by atoms with Gasteiger partial charge < -0.3 is 5.32 Å². The number of hydrogen-bond acceptors (Lipinski definition) is 3. The second kappa shape index (κ2) is 6.79. The van der Waals surface area contributed by atoms with E-state index in [4.69, 9.17) is 11.6 Å². The number of rotatable bonds is 4. The summed E-state index contributed by atoms with van der Waals surface area (Å²) in [7, 11) is 1.53. The molecule has 0 atom stereocenters. The predicted octanol–water partition coefficient (Wildman–Crippen LogP) is 3.13. The molecule has 0 fully saturated rings. The number of nitrogens with zero attached hydrogens (tertiary/aromatic N) is 4. The standard InChI is InChI=1S/C15H10ClF4N5O/c1-24-14(9(16)4-21-24)15(26)23-7-3-22-25(5-7)6-8-10(17)2-11(18)13(20)12(8)19/h2-5H,6H2,1H3,(H,23,26). The summed E-state index contributed by atoms with van der Waals surface area (Å²) in [5.74, 6) is -6.84. The van der Waals surface area contributed by atoms with E-state index in [1.54, 1.807) is 0 Å². The van der Waals surface area contributed by atoms with Gasteiger partial charge in [0, 0.05) is 24.9 Å². The van der Waals surface area contributed by atoms with Crippen molar-refractivity contribution in [1.82, 2.24) is 19.6 Å². The largest absolute Gasteiger partial charge is 0.318 e. The highest BCUT2D eigenvalue weighted by molar-refractivity contribution is 6.34. The van der Waals surface area contributed by atoms with E-state index in [0.29, 0.717) is 0 Å². The molecule has 0 radical (unpaired) electrons. The molecule has 0 spiro atoms. The number of anilines is 1. The lowest BCUT2D eigenvalue weighted by atomic mass is 10.2. The molecule has 2 aromatic heterocycles. The third-order valence-electron chi connectivity index (χ3n) is 3.53. The van der Waals surface area contributed by atoms with Crippen molar-refractivity contribution in [2.75, 3.05) is 5.32 Å². The lowest BCUT2D eigenvalue weighted by molar-refractivity contribution is 0.101. The second-order valence-electron chi connectivity index (χ2n) is 5.29. The van der Waals surface area contributed by atoms with Crippen molar-refractivity contribution in [2.24, 2.45) is 7.05 Å². The molecule has 136 valence electrons. The Labute approximate surface area is 149 Å². The average molecular weight is 388 g/mol. The topological polar surface area (TPSA) is 64.7 Å². The summed E-state index contributed by atoms with van der Waals surface area (Å²) < 4.78 is 55.9. The Morgan fingerprint density at radius 1 is 1.15 bits per heavy atom. The molecule has 0 aliphatic carbocycles. The van der Waals surface area contributed by atoms with Gasteiger partial charge in [-0.2, -0.15) is 10.2 Å². The Balaban J connectivity index is 1.79. The number of benzene rings is 1. The molecule has 0 saturated heterocycles. The third-order valence-corrected chi connectivity index (χ3v) is 3.81. The van der Waals surface area contributed by atoms with Gasteiger partial charge in [-0.25, -0.2) is 17.6 Å². The predicted molar refractivity (Wildman–Crippen MR) is 83.8 cm³/mol. The molecule has 0 aliphatic heterocycles. The number of carbonyl (C=O) groups excluding carboxylic acids is 1. The Hall–Kier alpha value is -2.88. The fraction of sp³-hybridized carbons (Fsp3) is 0.133. The van der Waals surface area contributed by atoms with E-state index in [2.05, 4.69) is 15.5 Å². The van der Waals surface area contributed by atoms with Crippen molar-refractivity contribution in [1.29, 1.82) is 0 Å². The SMILES string of the molecule is Cn1ncc(Cl)c1C(=O)Nc1cnn(Cc2c(F)cc(F)c(F)c2F)c1. The first-order valence-corrected chi connectivity index (χ1v) is 7.49. The number of amides is 1. The van der Waals surface area contributed by atoms with Crippen LogP contribution >= 0.6 is 11.6 Å². The van der Waals surface area contributed by atoms with Crippen molar-refractivity contribution in [2.45, 2.75) is 6.54 Å². The first-order valence-electron chi connectivity index (χ1n) is 7.11. The minimum absolute atomic E-state index is 0.108. The van der Waals surface area contributed by atoms with E-state index in [9.17, 15) is 22.4 Å². The fourth-order valence-electron chi connectivity index (χ4n) is 2.28. The van der Waals surface area contributed by atoms with E-state index < -0.39 is 41.3 Å². The third kappa shape index (κ3) is 3.27. The molecule has 3 aromatic rings. The average Bonchev–Trinajstić information content (AvgIpc) is 3.15. The molecule has 1 aromatic carbocycles. The fourth-order valence-corrected chi connectivity index (χ4v) is 2.53. The minimum atomic E-state index is -1.77. The molecule has 3 rings (SSSR count). The summed E-state index contributed by atoms with van der Waals surface area (Å²) in [5, 5.41) is 10.3. The van der Waals surface area contributed by atoms with Crippen LogP contribution in [0.1, 0.15) is 16.1 Å². The van der Waals surface area contributed by atoms with E-state index in [1.807, 2.05) is 0 Å². The Morgan fingerprint density at radius 2 is 1.88 bits per heavy atom. The van der Waals surface area contributed by atoms with E-state index in [1.165, 1.54) is 30.3 Å². The van der Waals surface area contributed by atoms with Gasteiger partial charge in [-0.1, -0.05) is 11.6 Å². The minimum Gasteiger partial charge on any atom is -0.318 e. The molecular formula is C15H10ClF4N5O. The van der Waals surface area contributed by atoms with Gasteiger partial charge in [0.2, 0.25) is 0 Å². The maximum absolute atomic E-state index is 13.7. The smallest absolute Gasteiger partial charge is 0.275 e. The molecule has 26 heavy (non-hydrogen) atoms. The van der Waals surface area contributed by atoms with Crippen molar-refractivity contribution >= 4 is 23.2 Å². The zero-order valence-electron chi connectivity index (χ0n) is 13.1. The Morgan fingerprint density at radius 3 is 2.54 bits per heavy atom. The molecule has 0 saturated carbocycles. The summed E-state index contributed by atoms with van der Waals surface area (Å²) in [6, 6.07) is 0.254. The van der Waals surface area contributed by atoms with E-state index in [-0.39, 0.29) is 22.5 Å². The monoisotopic (exact) mass is 387 g/mol. The number of aromatic nitrogens is 4. The highest BCUT2D eigenvalue weighted by Gasteiger charge is 2.20. The lowest BCUT2D eigenvalue weighted by Gasteiger charge is -2.07. The van der Waals surface area contributed by atoms with Crippen molar-refractivity contribution in [3.05, 3.63) is 64.2 Å². The van der Waals surface area contributed by atoms with Crippen molar-refractivity contribution < 1.29 is 22.4 Å². The molecule has 0 unspecified atom stereocenters. The normalized spacial score (nSPS) is 11.0. The van der Waals surface area contributed by atoms with Crippen LogP contribution in [0.3, 0.4) is 0 Å². The molecule has 1 N–H and O–H groups in total. The molecular weight excluding hydrogens is 378 g/mol. The van der Waals surface area contributed by atoms with Gasteiger partial charge in [-0.05, 0) is 0 Å². The van der Waals surface area contributed by atoms with Crippen LogP contribution in [0.2, 0.25) is 5.02 Å². The van der Waals surface area contributed by atoms with Crippen LogP contribution in [0.15, 0.2) is 24.7 Å². The summed E-state index contributed by atoms with van der Waals surface area (Å²) in [6.45, 7) is -0.503. The molecule has 6 nitrogen and oxygen atoms in total.